The minimum Gasteiger partial charge on any atom is -0.461 e. The summed E-state index contributed by atoms with van der Waals surface area (Å²) in [4.78, 5) is 13.7. The molecule has 2 heterocycles. The smallest absolute Gasteiger partial charge is 0.417 e. The summed E-state index contributed by atoms with van der Waals surface area (Å²) >= 11 is 0. The van der Waals surface area contributed by atoms with Gasteiger partial charge in [0.25, 0.3) is 0 Å². The number of hydrogen-bond donors (Lipinski definition) is 1. The van der Waals surface area contributed by atoms with Crippen LogP contribution in [-0.4, -0.2) is 17.9 Å². The molecule has 1 aliphatic rings. The van der Waals surface area contributed by atoms with Crippen LogP contribution in [0.25, 0.3) is 11.1 Å². The quantitative estimate of drug-likeness (QED) is 0.864. The molecule has 3 rings (SSSR count). The molecule has 1 aromatic carbocycles. The highest BCUT2D eigenvalue weighted by molar-refractivity contribution is 5.78. The summed E-state index contributed by atoms with van der Waals surface area (Å²) in [6.07, 6.45) is 2.79. The predicted molar refractivity (Wildman–Crippen MR) is 61.1 cm³/mol. The zero-order valence-corrected chi connectivity index (χ0v) is 9.27. The van der Waals surface area contributed by atoms with Crippen molar-refractivity contribution in [3.05, 3.63) is 28.7 Å². The molecule has 90 valence electrons. The van der Waals surface area contributed by atoms with Gasteiger partial charge >= 0.3 is 5.76 Å². The highest BCUT2D eigenvalue weighted by Crippen LogP contribution is 2.26. The van der Waals surface area contributed by atoms with Crippen LogP contribution in [0, 0.1) is 0 Å². The first-order chi connectivity index (χ1) is 8.33. The van der Waals surface area contributed by atoms with Crippen LogP contribution in [0.2, 0.25) is 0 Å². The summed E-state index contributed by atoms with van der Waals surface area (Å²) in [6.45, 7) is 0.720. The number of hydrogen-bond acceptors (Lipinski definition) is 4. The lowest BCUT2D eigenvalue weighted by atomic mass is 10.2. The van der Waals surface area contributed by atoms with E-state index in [0.29, 0.717) is 16.8 Å². The molecule has 1 aromatic heterocycles. The molecular formula is C12H13NO4. The van der Waals surface area contributed by atoms with Gasteiger partial charge in [0.05, 0.1) is 12.1 Å². The van der Waals surface area contributed by atoms with Crippen LogP contribution in [-0.2, 0) is 4.74 Å². The maximum atomic E-state index is 11.1. The number of H-pyrrole nitrogens is 1. The van der Waals surface area contributed by atoms with Gasteiger partial charge in [0, 0.05) is 6.42 Å². The SMILES string of the molecule is O=c1[nH]c2cccc(OC3CCCCO3)c2o1. The van der Waals surface area contributed by atoms with Crippen LogP contribution in [0.3, 0.4) is 0 Å². The number of nitrogens with one attached hydrogen (secondary N) is 1. The second-order valence-corrected chi connectivity index (χ2v) is 4.06. The minimum atomic E-state index is -0.472. The van der Waals surface area contributed by atoms with Crippen molar-refractivity contribution in [1.29, 1.82) is 0 Å². The lowest BCUT2D eigenvalue weighted by molar-refractivity contribution is -0.105. The highest BCUT2D eigenvalue weighted by atomic mass is 16.7. The van der Waals surface area contributed by atoms with Gasteiger partial charge in [0.1, 0.15) is 0 Å². The van der Waals surface area contributed by atoms with E-state index in [9.17, 15) is 4.79 Å². The average molecular weight is 235 g/mol. The molecule has 0 saturated carbocycles. The van der Waals surface area contributed by atoms with Gasteiger partial charge in [0.15, 0.2) is 17.6 Å². The first-order valence-electron chi connectivity index (χ1n) is 5.73. The van der Waals surface area contributed by atoms with Crippen molar-refractivity contribution in [3.8, 4) is 5.75 Å². The Morgan fingerprint density at radius 3 is 3.12 bits per heavy atom. The van der Waals surface area contributed by atoms with Crippen molar-refractivity contribution in [2.75, 3.05) is 6.61 Å². The van der Waals surface area contributed by atoms with E-state index in [1.807, 2.05) is 6.07 Å². The van der Waals surface area contributed by atoms with E-state index >= 15 is 0 Å². The first kappa shape index (κ1) is 10.4. The van der Waals surface area contributed by atoms with Crippen molar-refractivity contribution >= 4 is 11.1 Å². The molecule has 1 fully saturated rings. The Kier molecular flexibility index (Phi) is 2.60. The Hall–Kier alpha value is -1.75. The molecule has 5 heteroatoms. The number of ether oxygens (including phenoxy) is 2. The van der Waals surface area contributed by atoms with Crippen molar-refractivity contribution in [1.82, 2.24) is 4.98 Å². The van der Waals surface area contributed by atoms with Crippen LogP contribution < -0.4 is 10.5 Å². The summed E-state index contributed by atoms with van der Waals surface area (Å²) in [5, 5.41) is 0. The zero-order valence-electron chi connectivity index (χ0n) is 9.27. The number of fused-ring (bicyclic) bond motifs is 1. The number of oxazole rings is 1. The van der Waals surface area contributed by atoms with E-state index in [0.717, 1.165) is 25.9 Å². The van der Waals surface area contributed by atoms with E-state index in [1.165, 1.54) is 0 Å². The molecule has 0 spiro atoms. The third-order valence-corrected chi connectivity index (χ3v) is 2.81. The number of benzene rings is 1. The van der Waals surface area contributed by atoms with E-state index in [-0.39, 0.29) is 6.29 Å². The highest BCUT2D eigenvalue weighted by Gasteiger charge is 2.17. The van der Waals surface area contributed by atoms with Crippen molar-refractivity contribution < 1.29 is 13.9 Å². The van der Waals surface area contributed by atoms with Gasteiger partial charge in [-0.1, -0.05) is 6.07 Å². The maximum absolute atomic E-state index is 11.1. The van der Waals surface area contributed by atoms with Crippen LogP contribution in [0.5, 0.6) is 5.75 Å². The van der Waals surface area contributed by atoms with Crippen LogP contribution >= 0.6 is 0 Å². The van der Waals surface area contributed by atoms with Gasteiger partial charge in [-0.05, 0) is 25.0 Å². The Morgan fingerprint density at radius 2 is 2.29 bits per heavy atom. The summed E-state index contributed by atoms with van der Waals surface area (Å²) < 4.78 is 16.2. The summed E-state index contributed by atoms with van der Waals surface area (Å²) in [6, 6.07) is 5.36. The largest absolute Gasteiger partial charge is 0.461 e. The molecule has 0 radical (unpaired) electrons. The lowest BCUT2D eigenvalue weighted by Crippen LogP contribution is -2.25. The monoisotopic (exact) mass is 235 g/mol. The van der Waals surface area contributed by atoms with Crippen molar-refractivity contribution in [2.24, 2.45) is 0 Å². The van der Waals surface area contributed by atoms with E-state index in [4.69, 9.17) is 13.9 Å². The molecule has 1 atom stereocenters. The molecule has 1 N–H and O–H groups in total. The molecule has 0 aliphatic carbocycles. The van der Waals surface area contributed by atoms with Gasteiger partial charge in [-0.2, -0.15) is 0 Å². The fraction of sp³-hybridized carbons (Fsp3) is 0.417. The molecule has 1 aliphatic heterocycles. The summed E-state index contributed by atoms with van der Waals surface area (Å²) in [7, 11) is 0. The first-order valence-corrected chi connectivity index (χ1v) is 5.73. The second-order valence-electron chi connectivity index (χ2n) is 4.06. The Bertz CT molecular complexity index is 565. The van der Waals surface area contributed by atoms with E-state index in [2.05, 4.69) is 4.98 Å². The Labute approximate surface area is 97.3 Å². The maximum Gasteiger partial charge on any atom is 0.417 e. The van der Waals surface area contributed by atoms with E-state index < -0.39 is 5.76 Å². The number of aromatic amines is 1. The topological polar surface area (TPSA) is 64.5 Å². The van der Waals surface area contributed by atoms with Gasteiger partial charge in [-0.3, -0.25) is 4.98 Å². The van der Waals surface area contributed by atoms with E-state index in [1.54, 1.807) is 12.1 Å². The zero-order chi connectivity index (χ0) is 11.7. The molecule has 1 unspecified atom stereocenters. The van der Waals surface area contributed by atoms with Crippen LogP contribution in [0.4, 0.5) is 0 Å². The predicted octanol–water partition coefficient (Wildman–Crippen LogP) is 2.03. The fourth-order valence-electron chi connectivity index (χ4n) is 1.99. The third-order valence-electron chi connectivity index (χ3n) is 2.81. The fourth-order valence-corrected chi connectivity index (χ4v) is 1.99. The normalized spacial score (nSPS) is 20.6. The molecule has 0 bridgehead atoms. The number of rotatable bonds is 2. The molecule has 17 heavy (non-hydrogen) atoms. The van der Waals surface area contributed by atoms with Crippen LogP contribution in [0.15, 0.2) is 27.4 Å². The lowest BCUT2D eigenvalue weighted by Gasteiger charge is -2.23. The molecule has 1 saturated heterocycles. The standard InChI is InChI=1S/C12H13NO4/c14-12-13-8-4-3-5-9(11(8)17-12)16-10-6-1-2-7-15-10/h3-5,10H,1-2,6-7H2,(H,13,14). The third kappa shape index (κ3) is 2.06. The number of aromatic nitrogens is 1. The minimum absolute atomic E-state index is 0.241. The van der Waals surface area contributed by atoms with Crippen molar-refractivity contribution in [3.63, 3.8) is 0 Å². The average Bonchev–Trinajstić information content (AvgIpc) is 2.72. The van der Waals surface area contributed by atoms with Gasteiger partial charge in [-0.15, -0.1) is 0 Å². The van der Waals surface area contributed by atoms with Crippen molar-refractivity contribution in [2.45, 2.75) is 25.6 Å². The summed E-state index contributed by atoms with van der Waals surface area (Å²) in [5.74, 6) is 0.0772. The molecular weight excluding hydrogens is 222 g/mol. The Morgan fingerprint density at radius 1 is 1.35 bits per heavy atom. The van der Waals surface area contributed by atoms with Gasteiger partial charge in [-0.25, -0.2) is 4.79 Å². The number of para-hydroxylation sites is 1. The molecule has 5 nitrogen and oxygen atoms in total. The summed E-state index contributed by atoms with van der Waals surface area (Å²) in [5.41, 5.74) is 1.09. The molecule has 2 aromatic rings. The van der Waals surface area contributed by atoms with Gasteiger partial charge < -0.3 is 13.9 Å². The second kappa shape index (κ2) is 4.25. The van der Waals surface area contributed by atoms with Crippen LogP contribution in [0.1, 0.15) is 19.3 Å². The Balaban J connectivity index is 1.91. The molecule has 0 amide bonds. The van der Waals surface area contributed by atoms with Gasteiger partial charge in [0.2, 0.25) is 0 Å².